The van der Waals surface area contributed by atoms with Crippen LogP contribution in [0.3, 0.4) is 0 Å². The predicted molar refractivity (Wildman–Crippen MR) is 71.6 cm³/mol. The van der Waals surface area contributed by atoms with Crippen molar-refractivity contribution in [2.45, 2.75) is 19.4 Å². The Bertz CT molecular complexity index is 444. The van der Waals surface area contributed by atoms with Gasteiger partial charge in [-0.3, -0.25) is 4.79 Å². The van der Waals surface area contributed by atoms with Gasteiger partial charge in [-0.1, -0.05) is 24.6 Å². The third-order valence-corrected chi connectivity index (χ3v) is 3.91. The number of nitrogens with zero attached hydrogens (tertiary/aromatic N) is 1. The van der Waals surface area contributed by atoms with Gasteiger partial charge in [0.25, 0.3) is 5.91 Å². The Labute approximate surface area is 111 Å². The van der Waals surface area contributed by atoms with Gasteiger partial charge in [-0.25, -0.2) is 0 Å². The molecule has 98 valence electrons. The van der Waals surface area contributed by atoms with Crippen molar-refractivity contribution in [2.24, 2.45) is 5.92 Å². The number of anilines is 1. The Balaban J connectivity index is 2.32. The lowest BCUT2D eigenvalue weighted by Crippen LogP contribution is -2.40. The van der Waals surface area contributed by atoms with E-state index in [9.17, 15) is 9.90 Å². The quantitative estimate of drug-likeness (QED) is 0.804. The molecule has 3 N–H and O–H groups in total. The van der Waals surface area contributed by atoms with E-state index in [4.69, 9.17) is 17.3 Å². The van der Waals surface area contributed by atoms with Gasteiger partial charge in [0.15, 0.2) is 0 Å². The molecule has 1 saturated heterocycles. The van der Waals surface area contributed by atoms with E-state index < -0.39 is 0 Å². The smallest absolute Gasteiger partial charge is 0.257 e. The summed E-state index contributed by atoms with van der Waals surface area (Å²) in [6.45, 7) is 2.64. The van der Waals surface area contributed by atoms with Gasteiger partial charge in [0.05, 0.1) is 23.2 Å². The molecule has 1 aliphatic heterocycles. The molecule has 0 saturated carbocycles. The van der Waals surface area contributed by atoms with Crippen LogP contribution >= 0.6 is 11.6 Å². The predicted octanol–water partition coefficient (Wildman–Crippen LogP) is 1.77. The summed E-state index contributed by atoms with van der Waals surface area (Å²) in [5.41, 5.74) is 6.54. The van der Waals surface area contributed by atoms with E-state index in [1.807, 2.05) is 6.92 Å². The number of rotatable bonds is 2. The number of nitrogens with two attached hydrogens (primary N) is 1. The SMILES string of the molecule is CC1CCN(C(=O)c2c(N)cccc2Cl)C1CO. The van der Waals surface area contributed by atoms with Crippen LogP contribution in [0.15, 0.2) is 18.2 Å². The lowest BCUT2D eigenvalue weighted by molar-refractivity contribution is 0.0649. The van der Waals surface area contributed by atoms with Crippen LogP contribution in [0.4, 0.5) is 5.69 Å². The van der Waals surface area contributed by atoms with Crippen LogP contribution in [0, 0.1) is 5.92 Å². The minimum Gasteiger partial charge on any atom is -0.398 e. The molecular formula is C13H17ClN2O2. The first kappa shape index (κ1) is 13.2. The molecule has 1 aromatic carbocycles. The molecule has 2 atom stereocenters. The maximum Gasteiger partial charge on any atom is 0.257 e. The van der Waals surface area contributed by atoms with Crippen molar-refractivity contribution in [3.63, 3.8) is 0 Å². The summed E-state index contributed by atoms with van der Waals surface area (Å²) in [7, 11) is 0. The van der Waals surface area contributed by atoms with Crippen LogP contribution in [0.1, 0.15) is 23.7 Å². The zero-order valence-corrected chi connectivity index (χ0v) is 11.0. The molecule has 1 amide bonds. The number of benzene rings is 1. The number of likely N-dealkylation sites (tertiary alicyclic amines) is 1. The normalized spacial score (nSPS) is 23.4. The fraction of sp³-hybridized carbons (Fsp3) is 0.462. The van der Waals surface area contributed by atoms with Crippen molar-refractivity contribution in [2.75, 3.05) is 18.9 Å². The van der Waals surface area contributed by atoms with E-state index in [0.717, 1.165) is 6.42 Å². The van der Waals surface area contributed by atoms with E-state index in [1.54, 1.807) is 23.1 Å². The molecule has 1 aliphatic rings. The second-order valence-corrected chi connectivity index (χ2v) is 5.13. The first-order valence-electron chi connectivity index (χ1n) is 6.02. The highest BCUT2D eigenvalue weighted by Gasteiger charge is 2.35. The number of carbonyl (C=O) groups is 1. The molecule has 18 heavy (non-hydrogen) atoms. The molecule has 1 aromatic rings. The second kappa shape index (κ2) is 5.16. The third-order valence-electron chi connectivity index (χ3n) is 3.59. The van der Waals surface area contributed by atoms with Gasteiger partial charge in [0.1, 0.15) is 0 Å². The van der Waals surface area contributed by atoms with E-state index in [1.165, 1.54) is 0 Å². The number of hydrogen-bond donors (Lipinski definition) is 2. The summed E-state index contributed by atoms with van der Waals surface area (Å²) in [4.78, 5) is 14.1. The highest BCUT2D eigenvalue weighted by molar-refractivity contribution is 6.34. The van der Waals surface area contributed by atoms with Crippen LogP contribution < -0.4 is 5.73 Å². The van der Waals surface area contributed by atoms with Gasteiger partial charge in [-0.2, -0.15) is 0 Å². The molecule has 5 heteroatoms. The Morgan fingerprint density at radius 2 is 2.33 bits per heavy atom. The summed E-state index contributed by atoms with van der Waals surface area (Å²) >= 11 is 6.04. The summed E-state index contributed by atoms with van der Waals surface area (Å²) < 4.78 is 0. The van der Waals surface area contributed by atoms with Crippen molar-refractivity contribution < 1.29 is 9.90 Å². The number of aliphatic hydroxyl groups excluding tert-OH is 1. The van der Waals surface area contributed by atoms with Crippen LogP contribution in [0.5, 0.6) is 0 Å². The zero-order valence-electron chi connectivity index (χ0n) is 10.3. The van der Waals surface area contributed by atoms with Gasteiger partial charge in [-0.05, 0) is 24.5 Å². The largest absolute Gasteiger partial charge is 0.398 e. The number of nitrogen functional groups attached to an aromatic ring is 1. The Morgan fingerprint density at radius 3 is 2.94 bits per heavy atom. The van der Waals surface area contributed by atoms with Gasteiger partial charge in [0.2, 0.25) is 0 Å². The summed E-state index contributed by atoms with van der Waals surface area (Å²) in [6.07, 6.45) is 0.890. The monoisotopic (exact) mass is 268 g/mol. The molecule has 0 bridgehead atoms. The van der Waals surface area contributed by atoms with E-state index >= 15 is 0 Å². The van der Waals surface area contributed by atoms with Crippen molar-refractivity contribution in [3.8, 4) is 0 Å². The molecule has 0 aliphatic carbocycles. The van der Waals surface area contributed by atoms with Crippen molar-refractivity contribution in [3.05, 3.63) is 28.8 Å². The molecule has 2 unspecified atom stereocenters. The number of hydrogen-bond acceptors (Lipinski definition) is 3. The standard InChI is InChI=1S/C13H17ClN2O2/c1-8-5-6-16(11(8)7-17)13(18)12-9(14)3-2-4-10(12)15/h2-4,8,11,17H,5-7,15H2,1H3. The van der Waals surface area contributed by atoms with Crippen LogP contribution in [0.25, 0.3) is 0 Å². The molecule has 1 fully saturated rings. The van der Waals surface area contributed by atoms with Crippen molar-refractivity contribution >= 4 is 23.2 Å². The molecule has 2 rings (SSSR count). The maximum absolute atomic E-state index is 12.5. The van der Waals surface area contributed by atoms with Crippen LogP contribution in [-0.4, -0.2) is 35.1 Å². The minimum absolute atomic E-state index is 0.0305. The Kier molecular flexibility index (Phi) is 3.78. The Hall–Kier alpha value is -1.26. The number of aliphatic hydroxyl groups is 1. The number of halogens is 1. The summed E-state index contributed by atoms with van der Waals surface area (Å²) in [5.74, 6) is 0.101. The average molecular weight is 269 g/mol. The zero-order chi connectivity index (χ0) is 13.3. The Morgan fingerprint density at radius 1 is 1.61 bits per heavy atom. The summed E-state index contributed by atoms with van der Waals surface area (Å²) in [6, 6.07) is 4.88. The van der Waals surface area contributed by atoms with Crippen LogP contribution in [-0.2, 0) is 0 Å². The van der Waals surface area contributed by atoms with E-state index in [0.29, 0.717) is 28.7 Å². The summed E-state index contributed by atoms with van der Waals surface area (Å²) in [5, 5.41) is 9.74. The fourth-order valence-electron chi connectivity index (χ4n) is 2.45. The topological polar surface area (TPSA) is 66.6 Å². The first-order chi connectivity index (χ1) is 8.56. The molecule has 0 radical (unpaired) electrons. The van der Waals surface area contributed by atoms with Crippen molar-refractivity contribution in [1.29, 1.82) is 0 Å². The fourth-order valence-corrected chi connectivity index (χ4v) is 2.71. The first-order valence-corrected chi connectivity index (χ1v) is 6.40. The molecule has 0 aromatic heterocycles. The lowest BCUT2D eigenvalue weighted by Gasteiger charge is -2.26. The average Bonchev–Trinajstić information content (AvgIpc) is 2.69. The maximum atomic E-state index is 12.5. The lowest BCUT2D eigenvalue weighted by atomic mass is 10.0. The third kappa shape index (κ3) is 2.18. The van der Waals surface area contributed by atoms with Gasteiger partial charge >= 0.3 is 0 Å². The van der Waals surface area contributed by atoms with Gasteiger partial charge < -0.3 is 15.7 Å². The number of carbonyl (C=O) groups excluding carboxylic acids is 1. The second-order valence-electron chi connectivity index (χ2n) is 4.72. The van der Waals surface area contributed by atoms with Crippen molar-refractivity contribution in [1.82, 2.24) is 4.90 Å². The van der Waals surface area contributed by atoms with E-state index in [-0.39, 0.29) is 18.6 Å². The highest BCUT2D eigenvalue weighted by atomic mass is 35.5. The van der Waals surface area contributed by atoms with Crippen LogP contribution in [0.2, 0.25) is 5.02 Å². The van der Waals surface area contributed by atoms with E-state index in [2.05, 4.69) is 0 Å². The number of amides is 1. The highest BCUT2D eigenvalue weighted by Crippen LogP contribution is 2.29. The van der Waals surface area contributed by atoms with Gasteiger partial charge in [-0.15, -0.1) is 0 Å². The minimum atomic E-state index is -0.193. The molecule has 4 nitrogen and oxygen atoms in total. The molecular weight excluding hydrogens is 252 g/mol. The van der Waals surface area contributed by atoms with Gasteiger partial charge in [0, 0.05) is 12.2 Å². The molecule has 0 spiro atoms. The molecule has 1 heterocycles.